The fourth-order valence-corrected chi connectivity index (χ4v) is 1.76. The molecule has 0 aromatic carbocycles. The van der Waals surface area contributed by atoms with Crippen molar-refractivity contribution in [1.29, 1.82) is 0 Å². The fourth-order valence-electron chi connectivity index (χ4n) is 1.76. The quantitative estimate of drug-likeness (QED) is 0.698. The predicted octanol–water partition coefficient (Wildman–Crippen LogP) is 3.17. The van der Waals surface area contributed by atoms with Crippen molar-refractivity contribution in [1.82, 2.24) is 5.32 Å². The highest BCUT2D eigenvalue weighted by atomic mass is 14.8. The second kappa shape index (κ2) is 4.31. The number of nitrogens with one attached hydrogen (secondary N) is 1. The third-order valence-electron chi connectivity index (χ3n) is 2.60. The van der Waals surface area contributed by atoms with E-state index < -0.39 is 0 Å². The zero-order valence-electron chi connectivity index (χ0n) is 8.91. The maximum atomic E-state index is 4.02. The summed E-state index contributed by atoms with van der Waals surface area (Å²) in [5, 5.41) is 3.22. The Morgan fingerprint density at radius 2 is 2.23 bits per heavy atom. The Bertz CT molecular complexity index is 269. The van der Waals surface area contributed by atoms with Crippen molar-refractivity contribution in [2.75, 3.05) is 7.05 Å². The molecule has 0 amide bonds. The Morgan fingerprint density at radius 3 is 2.69 bits per heavy atom. The van der Waals surface area contributed by atoms with Crippen LogP contribution in [-0.2, 0) is 0 Å². The molecule has 0 fully saturated rings. The van der Waals surface area contributed by atoms with Crippen LogP contribution < -0.4 is 5.32 Å². The molecule has 0 saturated carbocycles. The summed E-state index contributed by atoms with van der Waals surface area (Å²) in [7, 11) is 1.98. The molecule has 0 aliphatic heterocycles. The van der Waals surface area contributed by atoms with Crippen LogP contribution in [0.3, 0.4) is 0 Å². The first-order chi connectivity index (χ1) is 6.19. The molecule has 1 nitrogen and oxygen atoms in total. The van der Waals surface area contributed by atoms with E-state index in [1.807, 2.05) is 7.05 Å². The van der Waals surface area contributed by atoms with Gasteiger partial charge in [-0.25, -0.2) is 0 Å². The number of hydrogen-bond donors (Lipinski definition) is 1. The summed E-state index contributed by atoms with van der Waals surface area (Å²) in [4.78, 5) is 0. The molecule has 0 atom stereocenters. The van der Waals surface area contributed by atoms with E-state index in [-0.39, 0.29) is 0 Å². The normalized spacial score (nSPS) is 17.0. The van der Waals surface area contributed by atoms with Crippen molar-refractivity contribution in [3.8, 4) is 0 Å². The summed E-state index contributed by atoms with van der Waals surface area (Å²) >= 11 is 0. The largest absolute Gasteiger partial charge is 0.391 e. The van der Waals surface area contributed by atoms with Crippen molar-refractivity contribution in [3.63, 3.8) is 0 Å². The van der Waals surface area contributed by atoms with E-state index in [2.05, 4.69) is 31.8 Å². The van der Waals surface area contributed by atoms with Crippen molar-refractivity contribution in [3.05, 3.63) is 35.1 Å². The molecule has 0 saturated heterocycles. The van der Waals surface area contributed by atoms with Crippen LogP contribution in [0.25, 0.3) is 0 Å². The minimum absolute atomic E-state index is 1.15. The summed E-state index contributed by atoms with van der Waals surface area (Å²) in [5.74, 6) is 0. The zero-order chi connectivity index (χ0) is 9.84. The molecule has 0 heterocycles. The number of hydrogen-bond acceptors (Lipinski definition) is 1. The summed E-state index contributed by atoms with van der Waals surface area (Å²) in [6.45, 7) is 8.32. The van der Waals surface area contributed by atoms with E-state index >= 15 is 0 Å². The Kier molecular flexibility index (Phi) is 3.35. The molecular weight excluding hydrogens is 158 g/mol. The summed E-state index contributed by atoms with van der Waals surface area (Å²) < 4.78 is 0. The molecular formula is C12H19N. The van der Waals surface area contributed by atoms with Gasteiger partial charge in [0.25, 0.3) is 0 Å². The molecule has 1 heteroatoms. The topological polar surface area (TPSA) is 12.0 Å². The summed E-state index contributed by atoms with van der Waals surface area (Å²) in [6.07, 6.45) is 5.72. The van der Waals surface area contributed by atoms with Gasteiger partial charge in [-0.3, -0.25) is 0 Å². The van der Waals surface area contributed by atoms with Gasteiger partial charge in [-0.1, -0.05) is 24.6 Å². The van der Waals surface area contributed by atoms with Crippen molar-refractivity contribution in [2.45, 2.75) is 33.1 Å². The highest BCUT2D eigenvalue weighted by Gasteiger charge is 2.11. The van der Waals surface area contributed by atoms with E-state index in [1.54, 1.807) is 5.57 Å². The minimum Gasteiger partial charge on any atom is -0.391 e. The van der Waals surface area contributed by atoms with Crippen LogP contribution in [0, 0.1) is 0 Å². The first-order valence-electron chi connectivity index (χ1n) is 4.95. The van der Waals surface area contributed by atoms with Gasteiger partial charge in [0.05, 0.1) is 0 Å². The maximum Gasteiger partial charge on any atom is 0.0113 e. The lowest BCUT2D eigenvalue weighted by molar-refractivity contribution is 0.780. The van der Waals surface area contributed by atoms with Crippen LogP contribution in [0.2, 0.25) is 0 Å². The second-order valence-electron chi connectivity index (χ2n) is 3.57. The van der Waals surface area contributed by atoms with Gasteiger partial charge in [-0.2, -0.15) is 0 Å². The second-order valence-corrected chi connectivity index (χ2v) is 3.57. The molecule has 0 unspecified atom stereocenters. The summed E-state index contributed by atoms with van der Waals surface area (Å²) in [6, 6.07) is 0. The molecule has 1 aliphatic carbocycles. The number of rotatable bonds is 3. The van der Waals surface area contributed by atoms with E-state index in [4.69, 9.17) is 0 Å². The van der Waals surface area contributed by atoms with Crippen LogP contribution in [0.5, 0.6) is 0 Å². The molecule has 0 bridgehead atoms. The van der Waals surface area contributed by atoms with Crippen molar-refractivity contribution >= 4 is 0 Å². The van der Waals surface area contributed by atoms with Gasteiger partial charge in [-0.05, 0) is 37.8 Å². The van der Waals surface area contributed by atoms with E-state index in [1.165, 1.54) is 23.3 Å². The lowest BCUT2D eigenvalue weighted by Gasteiger charge is -2.19. The molecule has 0 aromatic rings. The molecule has 1 rings (SSSR count). The van der Waals surface area contributed by atoms with Crippen LogP contribution in [0.1, 0.15) is 33.1 Å². The monoisotopic (exact) mass is 177 g/mol. The standard InChI is InChI=1S/C12H19N/c1-5-10-6-7-11(13-4)8-12(10)9(2)3/h8,13H,2,5-7H2,1,3-4H3. The lowest BCUT2D eigenvalue weighted by atomic mass is 9.90. The van der Waals surface area contributed by atoms with E-state index in [0.29, 0.717) is 0 Å². The average molecular weight is 177 g/mol. The van der Waals surface area contributed by atoms with Gasteiger partial charge in [-0.15, -0.1) is 0 Å². The van der Waals surface area contributed by atoms with Crippen LogP contribution >= 0.6 is 0 Å². The SMILES string of the molecule is C=C(C)C1=C(CC)CCC(NC)=C1. The van der Waals surface area contributed by atoms with Crippen LogP contribution in [0.15, 0.2) is 35.1 Å². The molecule has 0 radical (unpaired) electrons. The van der Waals surface area contributed by atoms with Crippen molar-refractivity contribution in [2.24, 2.45) is 0 Å². The third-order valence-corrected chi connectivity index (χ3v) is 2.60. The lowest BCUT2D eigenvalue weighted by Crippen LogP contribution is -2.10. The smallest absolute Gasteiger partial charge is 0.0113 e. The molecule has 0 spiro atoms. The fraction of sp³-hybridized carbons (Fsp3) is 0.500. The minimum atomic E-state index is 1.15. The third kappa shape index (κ3) is 2.24. The van der Waals surface area contributed by atoms with Gasteiger partial charge in [0.15, 0.2) is 0 Å². The highest BCUT2D eigenvalue weighted by Crippen LogP contribution is 2.28. The van der Waals surface area contributed by atoms with Gasteiger partial charge in [0, 0.05) is 12.7 Å². The first kappa shape index (κ1) is 10.1. The summed E-state index contributed by atoms with van der Waals surface area (Å²) in [5.41, 5.74) is 5.42. The van der Waals surface area contributed by atoms with Gasteiger partial charge in [0.1, 0.15) is 0 Å². The molecule has 0 aromatic heterocycles. The zero-order valence-corrected chi connectivity index (χ0v) is 8.91. The van der Waals surface area contributed by atoms with E-state index in [9.17, 15) is 0 Å². The molecule has 72 valence electrons. The Balaban J connectivity index is 2.98. The van der Waals surface area contributed by atoms with Crippen molar-refractivity contribution < 1.29 is 0 Å². The van der Waals surface area contributed by atoms with Crippen LogP contribution in [-0.4, -0.2) is 7.05 Å². The van der Waals surface area contributed by atoms with Gasteiger partial charge >= 0.3 is 0 Å². The predicted molar refractivity (Wildman–Crippen MR) is 58.5 cm³/mol. The molecule has 1 aliphatic rings. The van der Waals surface area contributed by atoms with Gasteiger partial charge < -0.3 is 5.32 Å². The molecule has 1 N–H and O–H groups in total. The first-order valence-corrected chi connectivity index (χ1v) is 4.95. The maximum absolute atomic E-state index is 4.02. The number of allylic oxidation sites excluding steroid dienone is 5. The van der Waals surface area contributed by atoms with E-state index in [0.717, 1.165) is 12.8 Å². The highest BCUT2D eigenvalue weighted by molar-refractivity contribution is 5.44. The van der Waals surface area contributed by atoms with Crippen LogP contribution in [0.4, 0.5) is 0 Å². The molecule has 13 heavy (non-hydrogen) atoms. The van der Waals surface area contributed by atoms with Gasteiger partial charge in [0.2, 0.25) is 0 Å². The Hall–Kier alpha value is -0.980. The Labute approximate surface area is 81.2 Å². The Morgan fingerprint density at radius 1 is 1.54 bits per heavy atom. The average Bonchev–Trinajstić information content (AvgIpc) is 2.16.